The van der Waals surface area contributed by atoms with E-state index in [4.69, 9.17) is 20.8 Å². The molecular weight excluding hydrogens is 508 g/mol. The Morgan fingerprint density at radius 2 is 1.97 bits per heavy atom. The van der Waals surface area contributed by atoms with Crippen molar-refractivity contribution in [2.45, 2.75) is 13.2 Å². The minimum absolute atomic E-state index is 0.0173. The predicted molar refractivity (Wildman–Crippen MR) is 123 cm³/mol. The van der Waals surface area contributed by atoms with Gasteiger partial charge in [-0.25, -0.2) is 4.98 Å². The summed E-state index contributed by atoms with van der Waals surface area (Å²) in [6, 6.07) is 12.8. The standard InChI is InChI=1S/C22H14ClF2N3O6S/c23-16-9-13(28(30)31)3-7-18(16)32-10-15-6-8-19(33-15)20(29)27-22-26-17(11-35-22)12-1-4-14(5-2-12)34-21(24)25/h1-9,11,21H,10H2,(H,26,27,29). The molecule has 180 valence electrons. The summed E-state index contributed by atoms with van der Waals surface area (Å²) < 4.78 is 39.9. The Labute approximate surface area is 205 Å². The maximum absolute atomic E-state index is 12.5. The molecule has 0 radical (unpaired) electrons. The van der Waals surface area contributed by atoms with Crippen molar-refractivity contribution < 1.29 is 32.4 Å². The summed E-state index contributed by atoms with van der Waals surface area (Å²) >= 11 is 7.17. The van der Waals surface area contributed by atoms with Crippen LogP contribution in [-0.4, -0.2) is 22.4 Å². The van der Waals surface area contributed by atoms with Gasteiger partial charge >= 0.3 is 6.61 Å². The molecule has 2 aromatic heterocycles. The molecule has 0 saturated carbocycles. The summed E-state index contributed by atoms with van der Waals surface area (Å²) in [5.74, 6) is 0.0649. The number of aromatic nitrogens is 1. The number of carbonyl (C=O) groups excluding carboxylic acids is 1. The smallest absolute Gasteiger partial charge is 0.387 e. The Balaban J connectivity index is 1.35. The number of thiazole rings is 1. The number of carbonyl (C=O) groups is 1. The number of hydrogen-bond acceptors (Lipinski definition) is 8. The van der Waals surface area contributed by atoms with Crippen LogP contribution in [-0.2, 0) is 6.61 Å². The molecule has 0 fully saturated rings. The van der Waals surface area contributed by atoms with E-state index in [1.54, 1.807) is 23.6 Å². The van der Waals surface area contributed by atoms with E-state index in [1.165, 1.54) is 47.7 Å². The average Bonchev–Trinajstić information content (AvgIpc) is 3.48. The van der Waals surface area contributed by atoms with Crippen LogP contribution in [0, 0.1) is 10.1 Å². The average molecular weight is 522 g/mol. The number of furan rings is 1. The van der Waals surface area contributed by atoms with Crippen LogP contribution in [0.2, 0.25) is 5.02 Å². The van der Waals surface area contributed by atoms with E-state index >= 15 is 0 Å². The van der Waals surface area contributed by atoms with Crippen LogP contribution < -0.4 is 14.8 Å². The summed E-state index contributed by atoms with van der Waals surface area (Å²) in [6.45, 7) is -2.96. The quantitative estimate of drug-likeness (QED) is 0.200. The second-order valence-corrected chi connectivity index (χ2v) is 8.09. The third kappa shape index (κ3) is 6.11. The monoisotopic (exact) mass is 521 g/mol. The summed E-state index contributed by atoms with van der Waals surface area (Å²) in [4.78, 5) is 27.0. The Morgan fingerprint density at radius 3 is 2.66 bits per heavy atom. The van der Waals surface area contributed by atoms with Crippen LogP contribution in [0.15, 0.2) is 64.4 Å². The van der Waals surface area contributed by atoms with E-state index in [0.717, 1.165) is 0 Å². The van der Waals surface area contributed by atoms with Crippen LogP contribution in [0.4, 0.5) is 19.6 Å². The van der Waals surface area contributed by atoms with E-state index in [1.807, 2.05) is 0 Å². The third-order valence-corrected chi connectivity index (χ3v) is 5.53. The third-order valence-electron chi connectivity index (χ3n) is 4.48. The number of halogens is 3. The topological polar surface area (TPSA) is 117 Å². The number of amides is 1. The zero-order valence-electron chi connectivity index (χ0n) is 17.4. The molecule has 9 nitrogen and oxygen atoms in total. The summed E-state index contributed by atoms with van der Waals surface area (Å²) in [6.07, 6.45) is 0. The Bertz CT molecular complexity index is 1360. The van der Waals surface area contributed by atoms with Gasteiger partial charge in [0.05, 0.1) is 15.6 Å². The van der Waals surface area contributed by atoms with Gasteiger partial charge in [0, 0.05) is 23.1 Å². The van der Waals surface area contributed by atoms with Crippen molar-refractivity contribution in [2.75, 3.05) is 5.32 Å². The summed E-state index contributed by atoms with van der Waals surface area (Å²) in [7, 11) is 0. The molecule has 1 amide bonds. The van der Waals surface area contributed by atoms with Crippen LogP contribution in [0.5, 0.6) is 11.5 Å². The van der Waals surface area contributed by atoms with Crippen LogP contribution in [0.1, 0.15) is 16.3 Å². The van der Waals surface area contributed by atoms with Gasteiger partial charge in [0.2, 0.25) is 0 Å². The molecule has 0 saturated heterocycles. The normalized spacial score (nSPS) is 10.9. The highest BCUT2D eigenvalue weighted by atomic mass is 35.5. The Morgan fingerprint density at radius 1 is 1.20 bits per heavy atom. The molecule has 0 aliphatic heterocycles. The van der Waals surface area contributed by atoms with Crippen LogP contribution in [0.25, 0.3) is 11.3 Å². The Hall–Kier alpha value is -4.03. The lowest BCUT2D eigenvalue weighted by Gasteiger charge is -2.06. The highest BCUT2D eigenvalue weighted by molar-refractivity contribution is 7.14. The zero-order chi connectivity index (χ0) is 24.9. The van der Waals surface area contributed by atoms with Gasteiger partial charge in [0.15, 0.2) is 10.9 Å². The molecule has 0 spiro atoms. The van der Waals surface area contributed by atoms with Gasteiger partial charge in [0.1, 0.15) is 23.9 Å². The van der Waals surface area contributed by atoms with E-state index in [0.29, 0.717) is 22.1 Å². The minimum atomic E-state index is -2.91. The molecular formula is C22H14ClF2N3O6S. The number of nitro benzene ring substituents is 1. The number of nitrogens with one attached hydrogen (secondary N) is 1. The van der Waals surface area contributed by atoms with Gasteiger partial charge in [-0.1, -0.05) is 11.6 Å². The maximum Gasteiger partial charge on any atom is 0.387 e. The van der Waals surface area contributed by atoms with Crippen molar-refractivity contribution >= 4 is 39.7 Å². The fourth-order valence-corrected chi connectivity index (χ4v) is 3.82. The fraction of sp³-hybridized carbons (Fsp3) is 0.0909. The maximum atomic E-state index is 12.5. The molecule has 1 N–H and O–H groups in total. The van der Waals surface area contributed by atoms with Crippen LogP contribution in [0.3, 0.4) is 0 Å². The number of alkyl halides is 2. The zero-order valence-corrected chi connectivity index (χ0v) is 19.0. The molecule has 0 atom stereocenters. The molecule has 0 unspecified atom stereocenters. The lowest BCUT2D eigenvalue weighted by Crippen LogP contribution is -2.10. The second kappa shape index (κ2) is 10.5. The van der Waals surface area contributed by atoms with Gasteiger partial charge in [-0.3, -0.25) is 20.2 Å². The fourth-order valence-electron chi connectivity index (χ4n) is 2.88. The Kier molecular flexibility index (Phi) is 7.22. The molecule has 2 aromatic carbocycles. The molecule has 2 heterocycles. The first kappa shape index (κ1) is 24.1. The number of rotatable bonds is 9. The summed E-state index contributed by atoms with van der Waals surface area (Å²) in [5, 5.41) is 15.5. The largest absolute Gasteiger partial charge is 0.484 e. The van der Waals surface area contributed by atoms with Gasteiger partial charge in [0.25, 0.3) is 11.6 Å². The second-order valence-electron chi connectivity index (χ2n) is 6.82. The number of nitrogens with zero attached hydrogens (tertiary/aromatic N) is 2. The number of benzene rings is 2. The first-order valence-corrected chi connectivity index (χ1v) is 11.0. The van der Waals surface area contributed by atoms with Crippen molar-refractivity contribution in [3.63, 3.8) is 0 Å². The van der Waals surface area contributed by atoms with Crippen molar-refractivity contribution in [2.24, 2.45) is 0 Å². The minimum Gasteiger partial charge on any atom is -0.484 e. The van der Waals surface area contributed by atoms with E-state index in [9.17, 15) is 23.7 Å². The van der Waals surface area contributed by atoms with Crippen molar-refractivity contribution in [1.29, 1.82) is 0 Å². The molecule has 0 aliphatic rings. The number of ether oxygens (including phenoxy) is 2. The van der Waals surface area contributed by atoms with Gasteiger partial charge in [-0.15, -0.1) is 11.3 Å². The lowest BCUT2D eigenvalue weighted by atomic mass is 10.2. The number of nitro groups is 1. The molecule has 4 aromatic rings. The van der Waals surface area contributed by atoms with Gasteiger partial charge in [-0.05, 0) is 42.5 Å². The van der Waals surface area contributed by atoms with E-state index in [-0.39, 0.29) is 34.6 Å². The highest BCUT2D eigenvalue weighted by Gasteiger charge is 2.16. The number of anilines is 1. The van der Waals surface area contributed by atoms with Gasteiger partial charge < -0.3 is 13.9 Å². The predicted octanol–water partition coefficient (Wildman–Crippen LogP) is 6.40. The first-order valence-electron chi connectivity index (χ1n) is 9.76. The first-order chi connectivity index (χ1) is 16.8. The highest BCUT2D eigenvalue weighted by Crippen LogP contribution is 2.30. The molecule has 0 aliphatic carbocycles. The van der Waals surface area contributed by atoms with E-state index in [2.05, 4.69) is 15.0 Å². The number of non-ortho nitro benzene ring substituents is 1. The van der Waals surface area contributed by atoms with Gasteiger partial charge in [-0.2, -0.15) is 8.78 Å². The van der Waals surface area contributed by atoms with Crippen molar-refractivity contribution in [1.82, 2.24) is 4.98 Å². The van der Waals surface area contributed by atoms with E-state index < -0.39 is 17.4 Å². The summed E-state index contributed by atoms with van der Waals surface area (Å²) in [5.41, 5.74) is 1.04. The molecule has 13 heteroatoms. The lowest BCUT2D eigenvalue weighted by molar-refractivity contribution is -0.384. The number of hydrogen-bond donors (Lipinski definition) is 1. The SMILES string of the molecule is O=C(Nc1nc(-c2ccc(OC(F)F)cc2)cs1)c1ccc(COc2ccc([N+](=O)[O-])cc2Cl)o1. The van der Waals surface area contributed by atoms with Crippen LogP contribution >= 0.6 is 22.9 Å². The van der Waals surface area contributed by atoms with Crippen molar-refractivity contribution in [3.8, 4) is 22.8 Å². The molecule has 4 rings (SSSR count). The molecule has 35 heavy (non-hydrogen) atoms. The molecule has 0 bridgehead atoms. The van der Waals surface area contributed by atoms with Crippen molar-refractivity contribution in [3.05, 3.63) is 86.6 Å².